The van der Waals surface area contributed by atoms with Gasteiger partial charge >= 0.3 is 0 Å². The summed E-state index contributed by atoms with van der Waals surface area (Å²) in [7, 11) is 3.85. The van der Waals surface area contributed by atoms with E-state index in [4.69, 9.17) is 0 Å². The van der Waals surface area contributed by atoms with Crippen LogP contribution in [0.5, 0.6) is 0 Å². The van der Waals surface area contributed by atoms with Crippen LogP contribution < -0.4 is 10.6 Å². The summed E-state index contributed by atoms with van der Waals surface area (Å²) in [6.07, 6.45) is 0. The minimum absolute atomic E-state index is 0.0949. The first-order chi connectivity index (χ1) is 9.86. The van der Waals surface area contributed by atoms with Gasteiger partial charge in [0.25, 0.3) is 11.6 Å². The Labute approximate surface area is 124 Å². The minimum atomic E-state index is -0.505. The van der Waals surface area contributed by atoms with Gasteiger partial charge in [0.05, 0.1) is 10.5 Å². The number of rotatable bonds is 7. The average Bonchev–Trinajstić information content (AvgIpc) is 2.44. The second-order valence-electron chi connectivity index (χ2n) is 5.04. The quantitative estimate of drug-likeness (QED) is 0.590. The molecule has 0 aliphatic heterocycles. The number of likely N-dealkylation sites (N-methyl/N-ethyl adjacent to an activating group) is 1. The number of nitrogens with zero attached hydrogens (tertiary/aromatic N) is 2. The molecule has 0 bridgehead atoms. The van der Waals surface area contributed by atoms with E-state index in [1.165, 1.54) is 12.1 Å². The van der Waals surface area contributed by atoms with Crippen molar-refractivity contribution in [2.75, 3.05) is 32.5 Å². The van der Waals surface area contributed by atoms with E-state index in [1.807, 2.05) is 32.8 Å². The summed E-state index contributed by atoms with van der Waals surface area (Å²) in [4.78, 5) is 24.6. The van der Waals surface area contributed by atoms with E-state index in [9.17, 15) is 14.9 Å². The molecule has 1 amide bonds. The van der Waals surface area contributed by atoms with E-state index in [0.29, 0.717) is 18.8 Å². The Morgan fingerprint density at radius 1 is 1.43 bits per heavy atom. The molecule has 1 atom stereocenters. The maximum absolute atomic E-state index is 12.2. The third-order valence-corrected chi connectivity index (χ3v) is 3.27. The first kappa shape index (κ1) is 16.9. The van der Waals surface area contributed by atoms with E-state index in [-0.39, 0.29) is 23.2 Å². The van der Waals surface area contributed by atoms with E-state index in [0.717, 1.165) is 0 Å². The molecule has 21 heavy (non-hydrogen) atoms. The molecule has 1 aromatic carbocycles. The molecular formula is C14H22N4O3. The van der Waals surface area contributed by atoms with Crippen LogP contribution in [-0.4, -0.2) is 49.0 Å². The van der Waals surface area contributed by atoms with Crippen LogP contribution in [-0.2, 0) is 0 Å². The maximum Gasteiger partial charge on any atom is 0.270 e. The van der Waals surface area contributed by atoms with Gasteiger partial charge < -0.3 is 15.5 Å². The van der Waals surface area contributed by atoms with E-state index in [2.05, 4.69) is 10.6 Å². The van der Waals surface area contributed by atoms with Crippen molar-refractivity contribution in [2.24, 2.45) is 0 Å². The molecule has 1 rings (SSSR count). The highest BCUT2D eigenvalue weighted by atomic mass is 16.6. The Balaban J connectivity index is 2.94. The van der Waals surface area contributed by atoms with Gasteiger partial charge in [0, 0.05) is 37.0 Å². The second kappa shape index (κ2) is 7.58. The van der Waals surface area contributed by atoms with Crippen molar-refractivity contribution in [1.82, 2.24) is 10.2 Å². The zero-order chi connectivity index (χ0) is 16.0. The Bertz CT molecular complexity index is 517. The van der Waals surface area contributed by atoms with Crippen LogP contribution in [0.2, 0.25) is 0 Å². The number of benzene rings is 1. The normalized spacial score (nSPS) is 12.0. The molecule has 0 spiro atoms. The van der Waals surface area contributed by atoms with E-state index in [1.54, 1.807) is 6.07 Å². The molecule has 0 saturated heterocycles. The van der Waals surface area contributed by atoms with Crippen molar-refractivity contribution in [2.45, 2.75) is 19.9 Å². The highest BCUT2D eigenvalue weighted by Crippen LogP contribution is 2.22. The molecule has 0 aromatic heterocycles. The van der Waals surface area contributed by atoms with Gasteiger partial charge in [-0.15, -0.1) is 0 Å². The fraction of sp³-hybridized carbons (Fsp3) is 0.500. The predicted molar refractivity (Wildman–Crippen MR) is 82.7 cm³/mol. The van der Waals surface area contributed by atoms with Gasteiger partial charge in [-0.2, -0.15) is 0 Å². The molecule has 0 aliphatic carbocycles. The summed E-state index contributed by atoms with van der Waals surface area (Å²) in [6, 6.07) is 4.42. The molecule has 0 aliphatic rings. The topological polar surface area (TPSA) is 87.5 Å². The standard InChI is InChI=1S/C14H22N4O3/c1-5-15-13-7-6-11(18(20)21)8-12(13)14(19)16-9-10(2)17(3)4/h6-8,10,15H,5,9H2,1-4H3,(H,16,19). The fourth-order valence-electron chi connectivity index (χ4n) is 1.70. The Kier molecular flexibility index (Phi) is 6.10. The van der Waals surface area contributed by atoms with Crippen molar-refractivity contribution in [3.05, 3.63) is 33.9 Å². The number of hydrogen-bond donors (Lipinski definition) is 2. The van der Waals surface area contributed by atoms with Gasteiger partial charge in [0.1, 0.15) is 0 Å². The lowest BCUT2D eigenvalue weighted by Gasteiger charge is -2.20. The Morgan fingerprint density at radius 3 is 2.62 bits per heavy atom. The molecule has 0 saturated carbocycles. The molecular weight excluding hydrogens is 272 g/mol. The summed E-state index contributed by atoms with van der Waals surface area (Å²) in [5.41, 5.74) is 0.789. The summed E-state index contributed by atoms with van der Waals surface area (Å²) >= 11 is 0. The number of hydrogen-bond acceptors (Lipinski definition) is 5. The Morgan fingerprint density at radius 2 is 2.10 bits per heavy atom. The number of carbonyl (C=O) groups excluding carboxylic acids is 1. The highest BCUT2D eigenvalue weighted by molar-refractivity contribution is 6.00. The van der Waals surface area contributed by atoms with Crippen molar-refractivity contribution in [3.8, 4) is 0 Å². The van der Waals surface area contributed by atoms with Gasteiger partial charge in [-0.05, 0) is 34.0 Å². The zero-order valence-corrected chi connectivity index (χ0v) is 12.8. The van der Waals surface area contributed by atoms with Crippen LogP contribution in [0.1, 0.15) is 24.2 Å². The van der Waals surface area contributed by atoms with Gasteiger partial charge in [-0.25, -0.2) is 0 Å². The van der Waals surface area contributed by atoms with Gasteiger partial charge in [0.15, 0.2) is 0 Å². The zero-order valence-electron chi connectivity index (χ0n) is 12.8. The van der Waals surface area contributed by atoms with Gasteiger partial charge in [-0.1, -0.05) is 0 Å². The van der Waals surface area contributed by atoms with Crippen LogP contribution in [0, 0.1) is 10.1 Å². The maximum atomic E-state index is 12.2. The molecule has 0 radical (unpaired) electrons. The molecule has 2 N–H and O–H groups in total. The van der Waals surface area contributed by atoms with Crippen molar-refractivity contribution < 1.29 is 9.72 Å². The first-order valence-electron chi connectivity index (χ1n) is 6.83. The summed E-state index contributed by atoms with van der Waals surface area (Å²) < 4.78 is 0. The average molecular weight is 294 g/mol. The predicted octanol–water partition coefficient (Wildman–Crippen LogP) is 1.71. The van der Waals surface area contributed by atoms with E-state index < -0.39 is 4.92 Å². The molecule has 116 valence electrons. The van der Waals surface area contributed by atoms with Crippen LogP contribution in [0.25, 0.3) is 0 Å². The Hall–Kier alpha value is -2.15. The number of nitro benzene ring substituents is 1. The monoisotopic (exact) mass is 294 g/mol. The minimum Gasteiger partial charge on any atom is -0.385 e. The number of nitro groups is 1. The van der Waals surface area contributed by atoms with Crippen LogP contribution >= 0.6 is 0 Å². The molecule has 0 heterocycles. The highest BCUT2D eigenvalue weighted by Gasteiger charge is 2.17. The van der Waals surface area contributed by atoms with Crippen LogP contribution in [0.15, 0.2) is 18.2 Å². The number of non-ortho nitro benzene ring substituents is 1. The van der Waals surface area contributed by atoms with E-state index >= 15 is 0 Å². The smallest absolute Gasteiger partial charge is 0.270 e. The molecule has 7 heteroatoms. The fourth-order valence-corrected chi connectivity index (χ4v) is 1.70. The van der Waals surface area contributed by atoms with Gasteiger partial charge in [-0.3, -0.25) is 14.9 Å². The molecule has 7 nitrogen and oxygen atoms in total. The molecule has 0 fully saturated rings. The number of carbonyl (C=O) groups is 1. The largest absolute Gasteiger partial charge is 0.385 e. The number of nitrogens with one attached hydrogen (secondary N) is 2. The summed E-state index contributed by atoms with van der Waals surface area (Å²) in [5.74, 6) is -0.316. The van der Waals surface area contributed by atoms with Crippen LogP contribution in [0.3, 0.4) is 0 Å². The lowest BCUT2D eigenvalue weighted by Crippen LogP contribution is -2.38. The third kappa shape index (κ3) is 4.71. The number of anilines is 1. The second-order valence-corrected chi connectivity index (χ2v) is 5.04. The van der Waals surface area contributed by atoms with Crippen molar-refractivity contribution >= 4 is 17.3 Å². The van der Waals surface area contributed by atoms with Crippen LogP contribution in [0.4, 0.5) is 11.4 Å². The summed E-state index contributed by atoms with van der Waals surface area (Å²) in [5, 5.41) is 16.7. The third-order valence-electron chi connectivity index (χ3n) is 3.27. The van der Waals surface area contributed by atoms with Crippen molar-refractivity contribution in [3.63, 3.8) is 0 Å². The first-order valence-corrected chi connectivity index (χ1v) is 6.83. The SMILES string of the molecule is CCNc1ccc([N+](=O)[O-])cc1C(=O)NCC(C)N(C)C. The van der Waals surface area contributed by atoms with Gasteiger partial charge in [0.2, 0.25) is 0 Å². The van der Waals surface area contributed by atoms with Crippen molar-refractivity contribution in [1.29, 1.82) is 0 Å². The summed E-state index contributed by atoms with van der Waals surface area (Å²) in [6.45, 7) is 4.99. The molecule has 1 aromatic rings. The lowest BCUT2D eigenvalue weighted by atomic mass is 10.1. The molecule has 1 unspecified atom stereocenters. The lowest BCUT2D eigenvalue weighted by molar-refractivity contribution is -0.384. The number of amides is 1.